The molecule has 0 bridgehead atoms. The van der Waals surface area contributed by atoms with E-state index in [1.807, 2.05) is 23.1 Å². The molecule has 166 valence electrons. The molecule has 2 aliphatic heterocycles. The second kappa shape index (κ2) is 10.3. The van der Waals surface area contributed by atoms with Crippen molar-refractivity contribution < 1.29 is 14.0 Å². The number of halogens is 1. The van der Waals surface area contributed by atoms with Gasteiger partial charge in [-0.25, -0.2) is 4.39 Å². The van der Waals surface area contributed by atoms with E-state index < -0.39 is 0 Å². The van der Waals surface area contributed by atoms with E-state index in [0.29, 0.717) is 41.7 Å². The van der Waals surface area contributed by atoms with Gasteiger partial charge in [0, 0.05) is 44.8 Å². The fraction of sp³-hybridized carbons (Fsp3) is 0.292. The van der Waals surface area contributed by atoms with Crippen molar-refractivity contribution >= 4 is 51.9 Å². The lowest BCUT2D eigenvalue weighted by Crippen LogP contribution is -2.48. The van der Waals surface area contributed by atoms with Gasteiger partial charge in [0.15, 0.2) is 0 Å². The number of carbonyl (C=O) groups excluding carboxylic acids is 2. The SMILES string of the molecule is O=C(CCCN1C(=O)/C(=C/c2ccc(F)cc2)SC1=S)N1CCN(c2ccccc2)CC1. The van der Waals surface area contributed by atoms with Gasteiger partial charge < -0.3 is 9.80 Å². The van der Waals surface area contributed by atoms with Crippen LogP contribution in [0.3, 0.4) is 0 Å². The summed E-state index contributed by atoms with van der Waals surface area (Å²) in [5, 5.41) is 0. The van der Waals surface area contributed by atoms with Crippen LogP contribution in [0.5, 0.6) is 0 Å². The Kier molecular flexibility index (Phi) is 7.22. The van der Waals surface area contributed by atoms with E-state index in [2.05, 4.69) is 17.0 Å². The van der Waals surface area contributed by atoms with E-state index in [1.54, 1.807) is 23.1 Å². The fourth-order valence-corrected chi connectivity index (χ4v) is 5.11. The molecular weight excluding hydrogens is 445 g/mol. The largest absolute Gasteiger partial charge is 0.368 e. The highest BCUT2D eigenvalue weighted by molar-refractivity contribution is 8.26. The summed E-state index contributed by atoms with van der Waals surface area (Å²) in [5.74, 6) is -0.362. The van der Waals surface area contributed by atoms with Crippen molar-refractivity contribution in [1.82, 2.24) is 9.80 Å². The molecule has 0 radical (unpaired) electrons. The molecule has 8 heteroatoms. The van der Waals surface area contributed by atoms with Gasteiger partial charge in [0.1, 0.15) is 10.1 Å². The number of benzene rings is 2. The van der Waals surface area contributed by atoms with Gasteiger partial charge in [0.25, 0.3) is 5.91 Å². The lowest BCUT2D eigenvalue weighted by molar-refractivity contribution is -0.132. The smallest absolute Gasteiger partial charge is 0.266 e. The maximum Gasteiger partial charge on any atom is 0.266 e. The van der Waals surface area contributed by atoms with Crippen LogP contribution in [-0.4, -0.2) is 58.7 Å². The molecule has 2 amide bonds. The first-order valence-corrected chi connectivity index (χ1v) is 11.8. The number of thiocarbonyl (C=S) groups is 1. The Morgan fingerprint density at radius 2 is 1.72 bits per heavy atom. The Labute approximate surface area is 196 Å². The number of piperazine rings is 1. The monoisotopic (exact) mass is 469 g/mol. The molecule has 2 aromatic carbocycles. The van der Waals surface area contributed by atoms with Crippen LogP contribution in [0, 0.1) is 5.82 Å². The Bertz CT molecular complexity index is 1020. The molecule has 0 aromatic heterocycles. The van der Waals surface area contributed by atoms with Gasteiger partial charge in [-0.3, -0.25) is 14.5 Å². The summed E-state index contributed by atoms with van der Waals surface area (Å²) in [6.45, 7) is 3.46. The van der Waals surface area contributed by atoms with E-state index in [-0.39, 0.29) is 17.6 Å². The average molecular weight is 470 g/mol. The van der Waals surface area contributed by atoms with E-state index in [9.17, 15) is 14.0 Å². The first-order chi connectivity index (χ1) is 15.5. The third-order valence-corrected chi connectivity index (χ3v) is 6.95. The predicted octanol–water partition coefficient (Wildman–Crippen LogP) is 4.16. The molecule has 0 N–H and O–H groups in total. The number of hydrogen-bond donors (Lipinski definition) is 0. The second-order valence-electron chi connectivity index (χ2n) is 7.69. The lowest BCUT2D eigenvalue weighted by atomic mass is 10.2. The molecule has 0 saturated carbocycles. The lowest BCUT2D eigenvalue weighted by Gasteiger charge is -2.36. The van der Waals surface area contributed by atoms with Crippen LogP contribution >= 0.6 is 24.0 Å². The van der Waals surface area contributed by atoms with Crippen molar-refractivity contribution in [3.63, 3.8) is 0 Å². The van der Waals surface area contributed by atoms with Gasteiger partial charge >= 0.3 is 0 Å². The number of amides is 2. The van der Waals surface area contributed by atoms with Crippen molar-refractivity contribution in [3.05, 3.63) is 70.9 Å². The zero-order valence-corrected chi connectivity index (χ0v) is 19.2. The highest BCUT2D eigenvalue weighted by Crippen LogP contribution is 2.32. The molecule has 0 aliphatic carbocycles. The molecule has 5 nitrogen and oxygen atoms in total. The zero-order chi connectivity index (χ0) is 22.5. The molecule has 32 heavy (non-hydrogen) atoms. The number of nitrogens with zero attached hydrogens (tertiary/aromatic N) is 3. The van der Waals surface area contributed by atoms with Gasteiger partial charge in [-0.15, -0.1) is 0 Å². The number of rotatable bonds is 6. The molecular formula is C24H24FN3O2S2. The number of para-hydroxylation sites is 1. The Balaban J connectivity index is 1.24. The molecule has 0 spiro atoms. The summed E-state index contributed by atoms with van der Waals surface area (Å²) in [6, 6.07) is 16.2. The van der Waals surface area contributed by atoms with Crippen molar-refractivity contribution in [2.45, 2.75) is 12.8 Å². The maximum absolute atomic E-state index is 13.1. The molecule has 0 unspecified atom stereocenters. The zero-order valence-electron chi connectivity index (χ0n) is 17.6. The van der Waals surface area contributed by atoms with Crippen molar-refractivity contribution in [2.24, 2.45) is 0 Å². The average Bonchev–Trinajstić information content (AvgIpc) is 3.08. The van der Waals surface area contributed by atoms with Crippen LogP contribution in [0.25, 0.3) is 6.08 Å². The fourth-order valence-electron chi connectivity index (χ4n) is 3.80. The molecule has 2 aliphatic rings. The van der Waals surface area contributed by atoms with Gasteiger partial charge in [0.2, 0.25) is 5.91 Å². The third-order valence-electron chi connectivity index (χ3n) is 5.57. The minimum atomic E-state index is -0.319. The van der Waals surface area contributed by atoms with Gasteiger partial charge in [-0.05, 0) is 42.3 Å². The van der Waals surface area contributed by atoms with Gasteiger partial charge in [-0.2, -0.15) is 0 Å². The summed E-state index contributed by atoms with van der Waals surface area (Å²) in [4.78, 5) is 31.6. The second-order valence-corrected chi connectivity index (χ2v) is 9.37. The van der Waals surface area contributed by atoms with E-state index in [4.69, 9.17) is 12.2 Å². The molecule has 2 aromatic rings. The number of thioether (sulfide) groups is 1. The van der Waals surface area contributed by atoms with Gasteiger partial charge in [0.05, 0.1) is 4.91 Å². The first-order valence-electron chi connectivity index (χ1n) is 10.6. The van der Waals surface area contributed by atoms with Crippen molar-refractivity contribution in [1.29, 1.82) is 0 Å². The number of carbonyl (C=O) groups is 2. The summed E-state index contributed by atoms with van der Waals surface area (Å²) in [6.07, 6.45) is 2.67. The molecule has 2 heterocycles. The molecule has 2 fully saturated rings. The highest BCUT2D eigenvalue weighted by atomic mass is 32.2. The minimum absolute atomic E-state index is 0.116. The first kappa shape index (κ1) is 22.5. The van der Waals surface area contributed by atoms with E-state index >= 15 is 0 Å². The van der Waals surface area contributed by atoms with Crippen LogP contribution in [0.4, 0.5) is 10.1 Å². The molecule has 2 saturated heterocycles. The normalized spacial score (nSPS) is 18.0. The van der Waals surface area contributed by atoms with E-state index in [0.717, 1.165) is 18.7 Å². The number of hydrogen-bond acceptors (Lipinski definition) is 5. The summed E-state index contributed by atoms with van der Waals surface area (Å²) < 4.78 is 13.6. The molecule has 0 atom stereocenters. The summed E-state index contributed by atoms with van der Waals surface area (Å²) >= 11 is 6.60. The molecule has 4 rings (SSSR count). The van der Waals surface area contributed by atoms with Crippen LogP contribution < -0.4 is 4.90 Å². The Morgan fingerprint density at radius 1 is 1.03 bits per heavy atom. The summed E-state index contributed by atoms with van der Waals surface area (Å²) in [7, 11) is 0. The highest BCUT2D eigenvalue weighted by Gasteiger charge is 2.32. The van der Waals surface area contributed by atoms with Gasteiger partial charge in [-0.1, -0.05) is 54.3 Å². The standard InChI is InChI=1S/C24H24FN3O2S2/c25-19-10-8-18(9-11-19)17-21-23(30)28(24(31)32-21)12-4-7-22(29)27-15-13-26(14-16-27)20-5-2-1-3-6-20/h1-3,5-6,8-11,17H,4,7,12-16H2/b21-17-. The van der Waals surface area contributed by atoms with Crippen molar-refractivity contribution in [3.8, 4) is 0 Å². The van der Waals surface area contributed by atoms with Crippen molar-refractivity contribution in [2.75, 3.05) is 37.6 Å². The third kappa shape index (κ3) is 5.37. The van der Waals surface area contributed by atoms with E-state index in [1.165, 1.54) is 29.6 Å². The van der Waals surface area contributed by atoms with Crippen LogP contribution in [0.1, 0.15) is 18.4 Å². The van der Waals surface area contributed by atoms with Crippen LogP contribution in [0.15, 0.2) is 59.5 Å². The number of anilines is 1. The van der Waals surface area contributed by atoms with Crippen LogP contribution in [-0.2, 0) is 9.59 Å². The quantitative estimate of drug-likeness (QED) is 0.470. The minimum Gasteiger partial charge on any atom is -0.368 e. The summed E-state index contributed by atoms with van der Waals surface area (Å²) in [5.41, 5.74) is 1.93. The topological polar surface area (TPSA) is 43.9 Å². The Hall–Kier alpha value is -2.71. The van der Waals surface area contributed by atoms with Crippen LogP contribution in [0.2, 0.25) is 0 Å². The Morgan fingerprint density at radius 3 is 2.41 bits per heavy atom. The maximum atomic E-state index is 13.1. The predicted molar refractivity (Wildman–Crippen MR) is 131 cm³/mol.